The summed E-state index contributed by atoms with van der Waals surface area (Å²) in [6.07, 6.45) is 3.77. The third-order valence-corrected chi connectivity index (χ3v) is 6.86. The van der Waals surface area contributed by atoms with Crippen LogP contribution in [0.1, 0.15) is 30.5 Å². The second-order valence-electron chi connectivity index (χ2n) is 10.2. The van der Waals surface area contributed by atoms with Gasteiger partial charge in [0.2, 0.25) is 5.91 Å². The molecule has 0 radical (unpaired) electrons. The van der Waals surface area contributed by atoms with Crippen molar-refractivity contribution in [3.63, 3.8) is 0 Å². The Morgan fingerprint density at radius 2 is 1.74 bits per heavy atom. The van der Waals surface area contributed by atoms with Gasteiger partial charge in [0.15, 0.2) is 0 Å². The smallest absolute Gasteiger partial charge is 0.256 e. The summed E-state index contributed by atoms with van der Waals surface area (Å²) in [6, 6.07) is 14.7. The van der Waals surface area contributed by atoms with Crippen molar-refractivity contribution in [2.75, 3.05) is 38.1 Å². The van der Waals surface area contributed by atoms with Gasteiger partial charge in [-0.3, -0.25) is 19.3 Å². The summed E-state index contributed by atoms with van der Waals surface area (Å²) in [7, 11) is 3.69. The van der Waals surface area contributed by atoms with Crippen molar-refractivity contribution in [1.29, 1.82) is 0 Å². The number of nitrogens with one attached hydrogen (secondary N) is 2. The summed E-state index contributed by atoms with van der Waals surface area (Å²) in [5, 5.41) is 14.3. The number of carbonyl (C=O) groups is 2. The summed E-state index contributed by atoms with van der Waals surface area (Å²) in [5.41, 5.74) is 6.29. The minimum absolute atomic E-state index is 0.0711. The maximum atomic E-state index is 13.5. The van der Waals surface area contributed by atoms with Gasteiger partial charge >= 0.3 is 0 Å². The van der Waals surface area contributed by atoms with E-state index >= 15 is 0 Å². The maximum absolute atomic E-state index is 13.5. The molecule has 0 saturated carbocycles. The second-order valence-corrected chi connectivity index (χ2v) is 10.2. The number of hydrogen-bond acceptors (Lipinski definition) is 6. The number of aromatic nitrogens is 2. The zero-order valence-corrected chi connectivity index (χ0v) is 23.1. The normalized spacial score (nSPS) is 13.0. The topological polar surface area (TPSA) is 85.7 Å². The molecule has 2 aromatic carbocycles. The van der Waals surface area contributed by atoms with E-state index in [2.05, 4.69) is 41.7 Å². The van der Waals surface area contributed by atoms with Gasteiger partial charge in [0.05, 0.1) is 19.3 Å². The van der Waals surface area contributed by atoms with E-state index in [0.717, 1.165) is 22.4 Å². The molecule has 0 bridgehead atoms. The van der Waals surface area contributed by atoms with E-state index in [4.69, 9.17) is 0 Å². The monoisotopic (exact) mass is 517 g/mol. The van der Waals surface area contributed by atoms with Gasteiger partial charge in [-0.2, -0.15) is 5.10 Å². The summed E-state index contributed by atoms with van der Waals surface area (Å²) < 4.78 is 1.76. The van der Waals surface area contributed by atoms with E-state index in [1.165, 1.54) is 11.1 Å². The Hall–Kier alpha value is -3.69. The van der Waals surface area contributed by atoms with Gasteiger partial charge in [-0.1, -0.05) is 50.2 Å². The average Bonchev–Trinajstić information content (AvgIpc) is 3.52. The number of hydrogen-bond donors (Lipinski definition) is 2. The first-order valence-corrected chi connectivity index (χ1v) is 13.1. The Labute approximate surface area is 225 Å². The van der Waals surface area contributed by atoms with Gasteiger partial charge in [-0.15, -0.1) is 0 Å². The van der Waals surface area contributed by atoms with Gasteiger partial charge < -0.3 is 15.5 Å². The number of rotatable bonds is 11. The molecule has 0 aliphatic carbocycles. The second kappa shape index (κ2) is 12.2. The number of anilines is 1. The lowest BCUT2D eigenvalue weighted by Crippen LogP contribution is -2.48. The van der Waals surface area contributed by atoms with Crippen LogP contribution in [-0.2, 0) is 29.7 Å². The molecule has 1 aromatic heterocycles. The first kappa shape index (κ1) is 27.3. The van der Waals surface area contributed by atoms with E-state index < -0.39 is 0 Å². The molecule has 0 saturated heterocycles. The lowest BCUT2D eigenvalue weighted by atomic mass is 10.0. The van der Waals surface area contributed by atoms with Crippen LogP contribution in [0.2, 0.25) is 0 Å². The van der Waals surface area contributed by atoms with Crippen LogP contribution in [0.3, 0.4) is 0 Å². The van der Waals surface area contributed by atoms with E-state index in [-0.39, 0.29) is 24.9 Å². The van der Waals surface area contributed by atoms with Gasteiger partial charge in [0.25, 0.3) is 5.91 Å². The average molecular weight is 518 g/mol. The molecule has 2 heterocycles. The first-order valence-electron chi connectivity index (χ1n) is 13.1. The van der Waals surface area contributed by atoms with Crippen molar-refractivity contribution in [1.82, 2.24) is 30.4 Å². The van der Waals surface area contributed by atoms with Crippen molar-refractivity contribution < 1.29 is 9.59 Å². The van der Waals surface area contributed by atoms with E-state index in [1.807, 2.05) is 73.7 Å². The number of nitrogens with zero attached hydrogens (tertiary/aromatic N) is 5. The molecule has 202 valence electrons. The van der Waals surface area contributed by atoms with Gasteiger partial charge in [0, 0.05) is 63.8 Å². The number of carbonyl (C=O) groups excluding carboxylic acids is 2. The number of amides is 2. The number of benzene rings is 2. The van der Waals surface area contributed by atoms with Gasteiger partial charge in [-0.25, -0.2) is 5.01 Å². The molecule has 9 nitrogen and oxygen atoms in total. The maximum Gasteiger partial charge on any atom is 0.256 e. The predicted molar refractivity (Wildman–Crippen MR) is 150 cm³/mol. The van der Waals surface area contributed by atoms with E-state index in [1.54, 1.807) is 9.69 Å². The molecule has 0 atom stereocenters. The standard InChI is InChI=1S/C29H39N7O2/c1-21(2)30-12-13-31-28(37)19-35(27-14-23(11-10-22(27)3)26-15-32-33(4)16-26)20-29(38)34(5)36-17-24-8-6-7-9-25(24)18-36/h6-11,14-16,21,30H,12-13,17-20H2,1-5H3,(H,31,37). The zero-order valence-electron chi connectivity index (χ0n) is 23.1. The van der Waals surface area contributed by atoms with Crippen molar-refractivity contribution in [3.05, 3.63) is 71.5 Å². The van der Waals surface area contributed by atoms with Crippen LogP contribution >= 0.6 is 0 Å². The fourth-order valence-electron chi connectivity index (χ4n) is 4.67. The molecule has 9 heteroatoms. The molecule has 1 aliphatic heterocycles. The number of hydrazine groups is 1. The fraction of sp³-hybridized carbons (Fsp3) is 0.414. The van der Waals surface area contributed by atoms with Gasteiger partial charge in [0.1, 0.15) is 0 Å². The lowest BCUT2D eigenvalue weighted by molar-refractivity contribution is -0.145. The Kier molecular flexibility index (Phi) is 8.81. The molecule has 4 rings (SSSR count). The van der Waals surface area contributed by atoms with Crippen LogP contribution in [0.5, 0.6) is 0 Å². The van der Waals surface area contributed by atoms with Crippen LogP contribution in [0.25, 0.3) is 11.1 Å². The SMILES string of the molecule is Cc1ccc(-c2cnn(C)c2)cc1N(CC(=O)NCCNC(C)C)CC(=O)N(C)N1Cc2ccccc2C1. The Morgan fingerprint density at radius 1 is 1.03 bits per heavy atom. The highest BCUT2D eigenvalue weighted by atomic mass is 16.2. The zero-order chi connectivity index (χ0) is 27.2. The summed E-state index contributed by atoms with van der Waals surface area (Å²) >= 11 is 0. The lowest BCUT2D eigenvalue weighted by Gasteiger charge is -2.32. The van der Waals surface area contributed by atoms with Crippen LogP contribution < -0.4 is 15.5 Å². The van der Waals surface area contributed by atoms with E-state index in [0.29, 0.717) is 32.2 Å². The predicted octanol–water partition coefficient (Wildman–Crippen LogP) is 2.71. The van der Waals surface area contributed by atoms with Crippen molar-refractivity contribution in [2.24, 2.45) is 7.05 Å². The highest BCUT2D eigenvalue weighted by molar-refractivity contribution is 5.87. The molecule has 2 amide bonds. The molecule has 38 heavy (non-hydrogen) atoms. The molecule has 1 aliphatic rings. The third-order valence-electron chi connectivity index (χ3n) is 6.86. The molecule has 0 unspecified atom stereocenters. The fourth-order valence-corrected chi connectivity index (χ4v) is 4.67. The number of likely N-dealkylation sites (N-methyl/N-ethyl adjacent to an activating group) is 1. The Bertz CT molecular complexity index is 1240. The molecule has 2 N–H and O–H groups in total. The first-order chi connectivity index (χ1) is 18.2. The minimum Gasteiger partial charge on any atom is -0.353 e. The highest BCUT2D eigenvalue weighted by Crippen LogP contribution is 2.28. The van der Waals surface area contributed by atoms with Crippen LogP contribution in [0.4, 0.5) is 5.69 Å². The van der Waals surface area contributed by atoms with Crippen molar-refractivity contribution in [3.8, 4) is 11.1 Å². The molecule has 0 spiro atoms. The minimum atomic E-state index is -0.120. The van der Waals surface area contributed by atoms with Crippen molar-refractivity contribution >= 4 is 17.5 Å². The van der Waals surface area contributed by atoms with Gasteiger partial charge in [-0.05, 0) is 35.2 Å². The number of aryl methyl sites for hydroxylation is 2. The molecular formula is C29H39N7O2. The van der Waals surface area contributed by atoms with E-state index in [9.17, 15) is 9.59 Å². The quantitative estimate of drug-likeness (QED) is 0.381. The third kappa shape index (κ3) is 6.79. The molecule has 0 fully saturated rings. The summed E-state index contributed by atoms with van der Waals surface area (Å²) in [6.45, 7) is 8.91. The Morgan fingerprint density at radius 3 is 2.37 bits per heavy atom. The van der Waals surface area contributed by atoms with Crippen LogP contribution in [-0.4, -0.2) is 70.9 Å². The summed E-state index contributed by atoms with van der Waals surface area (Å²) in [4.78, 5) is 28.4. The largest absolute Gasteiger partial charge is 0.353 e. The highest BCUT2D eigenvalue weighted by Gasteiger charge is 2.27. The van der Waals surface area contributed by atoms with Crippen LogP contribution in [0.15, 0.2) is 54.9 Å². The summed E-state index contributed by atoms with van der Waals surface area (Å²) in [5.74, 6) is -0.191. The molecule has 3 aromatic rings. The Balaban J connectivity index is 1.52. The van der Waals surface area contributed by atoms with Crippen LogP contribution in [0, 0.1) is 6.92 Å². The molecular weight excluding hydrogens is 478 g/mol. The number of fused-ring (bicyclic) bond motifs is 1. The van der Waals surface area contributed by atoms with Crippen molar-refractivity contribution in [2.45, 2.75) is 39.9 Å².